The van der Waals surface area contributed by atoms with Crippen molar-refractivity contribution in [2.75, 3.05) is 19.7 Å². The van der Waals surface area contributed by atoms with Gasteiger partial charge in [-0.05, 0) is 49.9 Å². The Morgan fingerprint density at radius 2 is 2.19 bits per heavy atom. The zero-order chi connectivity index (χ0) is 15.5. The van der Waals surface area contributed by atoms with E-state index in [9.17, 15) is 8.42 Å². The van der Waals surface area contributed by atoms with E-state index in [4.69, 9.17) is 16.3 Å². The molecule has 2 rings (SSSR count). The van der Waals surface area contributed by atoms with Gasteiger partial charge in [-0.25, -0.2) is 8.42 Å². The fourth-order valence-corrected chi connectivity index (χ4v) is 4.45. The molecule has 4 nitrogen and oxygen atoms in total. The van der Waals surface area contributed by atoms with Gasteiger partial charge in [-0.3, -0.25) is 0 Å². The van der Waals surface area contributed by atoms with Crippen molar-refractivity contribution in [3.8, 4) is 0 Å². The van der Waals surface area contributed by atoms with Crippen LogP contribution in [0.15, 0.2) is 23.1 Å². The highest BCUT2D eigenvalue weighted by Gasteiger charge is 2.30. The number of sulfonamides is 1. The molecule has 0 saturated carbocycles. The number of hydrogen-bond donors (Lipinski definition) is 0. The summed E-state index contributed by atoms with van der Waals surface area (Å²) < 4.78 is 32.6. The lowest BCUT2D eigenvalue weighted by Gasteiger charge is -2.31. The van der Waals surface area contributed by atoms with Gasteiger partial charge in [-0.2, -0.15) is 4.31 Å². The molecule has 0 spiro atoms. The SMILES string of the molecule is CCOC1CCCN(S(=O)(=O)c2ccc(C)c(CCl)c2)C1. The zero-order valence-electron chi connectivity index (χ0n) is 12.5. The fourth-order valence-electron chi connectivity index (χ4n) is 2.60. The number of rotatable bonds is 5. The molecule has 1 unspecified atom stereocenters. The number of nitrogens with zero attached hydrogens (tertiary/aromatic N) is 1. The number of ether oxygens (including phenoxy) is 1. The van der Waals surface area contributed by atoms with Crippen molar-refractivity contribution < 1.29 is 13.2 Å². The molecular formula is C15H22ClNO3S. The molecule has 6 heteroatoms. The van der Waals surface area contributed by atoms with Crippen molar-refractivity contribution in [2.45, 2.75) is 43.6 Å². The van der Waals surface area contributed by atoms with Gasteiger partial charge in [0.1, 0.15) is 0 Å². The molecule has 1 saturated heterocycles. The van der Waals surface area contributed by atoms with Gasteiger partial charge in [0.15, 0.2) is 0 Å². The van der Waals surface area contributed by atoms with Crippen LogP contribution in [0.4, 0.5) is 0 Å². The third-order valence-corrected chi connectivity index (χ3v) is 5.99. The van der Waals surface area contributed by atoms with Gasteiger partial charge < -0.3 is 4.74 Å². The molecule has 0 aliphatic carbocycles. The van der Waals surface area contributed by atoms with E-state index in [1.54, 1.807) is 12.1 Å². The van der Waals surface area contributed by atoms with Crippen molar-refractivity contribution >= 4 is 21.6 Å². The Kier molecular flexibility index (Phi) is 5.66. The first-order chi connectivity index (χ1) is 9.98. The van der Waals surface area contributed by atoms with E-state index in [-0.39, 0.29) is 6.10 Å². The van der Waals surface area contributed by atoms with Gasteiger partial charge in [-0.15, -0.1) is 11.6 Å². The Labute approximate surface area is 132 Å². The number of alkyl halides is 1. The lowest BCUT2D eigenvalue weighted by molar-refractivity contribution is 0.0265. The minimum Gasteiger partial charge on any atom is -0.377 e. The van der Waals surface area contributed by atoms with Crippen LogP contribution in [0.3, 0.4) is 0 Å². The molecular weight excluding hydrogens is 310 g/mol. The van der Waals surface area contributed by atoms with E-state index < -0.39 is 10.0 Å². The van der Waals surface area contributed by atoms with Crippen LogP contribution in [0.1, 0.15) is 30.9 Å². The summed E-state index contributed by atoms with van der Waals surface area (Å²) in [4.78, 5) is 0.320. The number of benzene rings is 1. The van der Waals surface area contributed by atoms with Crippen LogP contribution >= 0.6 is 11.6 Å². The van der Waals surface area contributed by atoms with E-state index in [1.165, 1.54) is 4.31 Å². The lowest BCUT2D eigenvalue weighted by atomic mass is 10.1. The predicted octanol–water partition coefficient (Wildman–Crippen LogP) is 2.92. The Morgan fingerprint density at radius 1 is 1.43 bits per heavy atom. The van der Waals surface area contributed by atoms with Crippen molar-refractivity contribution in [2.24, 2.45) is 0 Å². The first kappa shape index (κ1) is 16.7. The maximum absolute atomic E-state index is 12.7. The molecule has 1 aliphatic heterocycles. The number of halogens is 1. The van der Waals surface area contributed by atoms with Crippen LogP contribution < -0.4 is 0 Å². The van der Waals surface area contributed by atoms with E-state index in [1.807, 2.05) is 19.9 Å². The summed E-state index contributed by atoms with van der Waals surface area (Å²) in [5.41, 5.74) is 1.87. The molecule has 1 atom stereocenters. The molecule has 1 aliphatic rings. The minimum absolute atomic E-state index is 0.00327. The van der Waals surface area contributed by atoms with E-state index in [0.717, 1.165) is 24.0 Å². The van der Waals surface area contributed by atoms with Gasteiger partial charge in [0, 0.05) is 25.6 Å². The van der Waals surface area contributed by atoms with E-state index in [2.05, 4.69) is 0 Å². The maximum atomic E-state index is 12.7. The monoisotopic (exact) mass is 331 g/mol. The van der Waals surface area contributed by atoms with Crippen LogP contribution in [0.2, 0.25) is 0 Å². The normalized spacial score (nSPS) is 20.6. The summed E-state index contributed by atoms with van der Waals surface area (Å²) in [5.74, 6) is 0.316. The standard InChI is InChI=1S/C15H22ClNO3S/c1-3-20-14-5-4-8-17(11-14)21(18,19)15-7-6-12(2)13(9-15)10-16/h6-7,9,14H,3-5,8,10-11H2,1-2H3. The van der Waals surface area contributed by atoms with Crippen LogP contribution in [0, 0.1) is 6.92 Å². The quantitative estimate of drug-likeness (QED) is 0.779. The number of piperidine rings is 1. The van der Waals surface area contributed by atoms with Gasteiger partial charge >= 0.3 is 0 Å². The molecule has 118 valence electrons. The number of hydrogen-bond acceptors (Lipinski definition) is 3. The third-order valence-electron chi connectivity index (χ3n) is 3.85. The molecule has 0 N–H and O–H groups in total. The van der Waals surface area contributed by atoms with Gasteiger partial charge in [-0.1, -0.05) is 6.07 Å². The number of aryl methyl sites for hydroxylation is 1. The second-order valence-corrected chi connectivity index (χ2v) is 7.51. The van der Waals surface area contributed by atoms with Crippen LogP contribution in [0.5, 0.6) is 0 Å². The van der Waals surface area contributed by atoms with E-state index in [0.29, 0.717) is 30.5 Å². The van der Waals surface area contributed by atoms with Crippen LogP contribution in [-0.2, 0) is 20.6 Å². The zero-order valence-corrected chi connectivity index (χ0v) is 14.1. The third kappa shape index (κ3) is 3.77. The van der Waals surface area contributed by atoms with E-state index >= 15 is 0 Å². The average molecular weight is 332 g/mol. The summed E-state index contributed by atoms with van der Waals surface area (Å²) >= 11 is 5.88. The Morgan fingerprint density at radius 3 is 2.86 bits per heavy atom. The van der Waals surface area contributed by atoms with Crippen molar-refractivity contribution in [1.29, 1.82) is 0 Å². The molecule has 0 aromatic heterocycles. The highest BCUT2D eigenvalue weighted by Crippen LogP contribution is 2.24. The second kappa shape index (κ2) is 7.09. The molecule has 0 amide bonds. The average Bonchev–Trinajstić information content (AvgIpc) is 2.48. The minimum atomic E-state index is -3.47. The fraction of sp³-hybridized carbons (Fsp3) is 0.600. The molecule has 1 aromatic rings. The molecule has 0 bridgehead atoms. The Hall–Kier alpha value is -0.620. The van der Waals surface area contributed by atoms with Gasteiger partial charge in [0.05, 0.1) is 11.0 Å². The van der Waals surface area contributed by atoms with Crippen LogP contribution in [0.25, 0.3) is 0 Å². The smallest absolute Gasteiger partial charge is 0.243 e. The second-order valence-electron chi connectivity index (χ2n) is 5.30. The van der Waals surface area contributed by atoms with Crippen molar-refractivity contribution in [3.05, 3.63) is 29.3 Å². The molecule has 1 heterocycles. The Bertz CT molecular complexity index is 587. The molecule has 0 radical (unpaired) electrons. The topological polar surface area (TPSA) is 46.6 Å². The first-order valence-electron chi connectivity index (χ1n) is 7.26. The molecule has 1 fully saturated rings. The molecule has 21 heavy (non-hydrogen) atoms. The van der Waals surface area contributed by atoms with Gasteiger partial charge in [0.2, 0.25) is 10.0 Å². The van der Waals surface area contributed by atoms with Crippen molar-refractivity contribution in [1.82, 2.24) is 4.31 Å². The lowest BCUT2D eigenvalue weighted by Crippen LogP contribution is -2.43. The largest absolute Gasteiger partial charge is 0.377 e. The maximum Gasteiger partial charge on any atom is 0.243 e. The van der Waals surface area contributed by atoms with Crippen LogP contribution in [-0.4, -0.2) is 38.5 Å². The summed E-state index contributed by atoms with van der Waals surface area (Å²) in [7, 11) is -3.47. The summed E-state index contributed by atoms with van der Waals surface area (Å²) in [6, 6.07) is 5.15. The molecule has 1 aromatic carbocycles. The predicted molar refractivity (Wildman–Crippen MR) is 84.1 cm³/mol. The Balaban J connectivity index is 2.25. The highest BCUT2D eigenvalue weighted by atomic mass is 35.5. The first-order valence-corrected chi connectivity index (χ1v) is 9.23. The van der Waals surface area contributed by atoms with Crippen molar-refractivity contribution in [3.63, 3.8) is 0 Å². The summed E-state index contributed by atoms with van der Waals surface area (Å²) in [5, 5.41) is 0. The highest BCUT2D eigenvalue weighted by molar-refractivity contribution is 7.89. The van der Waals surface area contributed by atoms with Gasteiger partial charge in [0.25, 0.3) is 0 Å². The summed E-state index contributed by atoms with van der Waals surface area (Å²) in [6.45, 7) is 5.45. The summed E-state index contributed by atoms with van der Waals surface area (Å²) in [6.07, 6.45) is 1.75.